The van der Waals surface area contributed by atoms with Crippen LogP contribution in [0.15, 0.2) is 146 Å². The number of rotatable bonds is 6. The van der Waals surface area contributed by atoms with Gasteiger partial charge in [0, 0.05) is 0 Å². The molecule has 2 fully saturated rings. The van der Waals surface area contributed by atoms with Crippen LogP contribution in [0.25, 0.3) is 65.3 Å². The van der Waals surface area contributed by atoms with Gasteiger partial charge in [-0.2, -0.15) is 12.1 Å². The minimum Gasteiger partial charge on any atom is -1.00 e. The summed E-state index contributed by atoms with van der Waals surface area (Å²) in [7, 11) is 0. The summed E-state index contributed by atoms with van der Waals surface area (Å²) in [4.78, 5) is 0. The molecule has 0 aromatic heterocycles. The van der Waals surface area contributed by atoms with Crippen LogP contribution in [0.4, 0.5) is 0 Å². The molecular formula is C54H56Cl2SiZr-2. The van der Waals surface area contributed by atoms with Crippen LogP contribution in [0, 0.1) is 11.8 Å². The van der Waals surface area contributed by atoms with E-state index in [0.29, 0.717) is 0 Å². The fourth-order valence-corrected chi connectivity index (χ4v) is 9.67. The first-order chi connectivity index (χ1) is 27.5. The minimum atomic E-state index is 0. The van der Waals surface area contributed by atoms with Gasteiger partial charge < -0.3 is 24.8 Å². The van der Waals surface area contributed by atoms with Gasteiger partial charge in [-0.1, -0.05) is 172 Å². The topological polar surface area (TPSA) is 0 Å². The SMILES string of the molecule is C[Si](C)=[Zr+2].[Cl-].[Cl-].c1ccc2c(-c3cccc4[cH-]c(CC5CCCCC5)cc34)cccc2c1.c1ccc2c(-c3cccc4[cH-]c(CC5CCCCC5)cc34)cccc2c1. The van der Waals surface area contributed by atoms with Crippen molar-refractivity contribution in [2.24, 2.45) is 11.8 Å². The van der Waals surface area contributed by atoms with E-state index in [9.17, 15) is 0 Å². The molecule has 0 heterocycles. The second kappa shape index (κ2) is 21.3. The van der Waals surface area contributed by atoms with Gasteiger partial charge in [-0.25, -0.2) is 0 Å². The Kier molecular flexibility index (Phi) is 16.3. The fourth-order valence-electron chi connectivity index (χ4n) is 9.67. The first kappa shape index (κ1) is 44.3. The van der Waals surface area contributed by atoms with E-state index >= 15 is 0 Å². The van der Waals surface area contributed by atoms with E-state index in [4.69, 9.17) is 0 Å². The third kappa shape index (κ3) is 10.7. The minimum absolute atomic E-state index is 0. The first-order valence-corrected chi connectivity index (χ1v) is 27.5. The predicted molar refractivity (Wildman–Crippen MR) is 243 cm³/mol. The Labute approximate surface area is 374 Å². The average Bonchev–Trinajstić information content (AvgIpc) is 3.84. The van der Waals surface area contributed by atoms with Crippen LogP contribution in [-0.4, -0.2) is 5.43 Å². The van der Waals surface area contributed by atoms with Gasteiger partial charge in [-0.05, 0) is 57.3 Å². The van der Waals surface area contributed by atoms with Crippen molar-refractivity contribution in [2.45, 2.75) is 90.1 Å². The summed E-state index contributed by atoms with van der Waals surface area (Å²) in [5.41, 5.74) is 8.71. The maximum atomic E-state index is 2.46. The third-order valence-corrected chi connectivity index (χ3v) is 12.3. The van der Waals surface area contributed by atoms with Crippen molar-refractivity contribution in [3.63, 3.8) is 0 Å². The predicted octanol–water partition coefficient (Wildman–Crippen LogP) is 9.80. The van der Waals surface area contributed by atoms with Gasteiger partial charge in [-0.15, -0.1) is 69.1 Å². The fraction of sp³-hybridized carbons (Fsp3) is 0.296. The molecule has 0 amide bonds. The number of benzene rings is 6. The summed E-state index contributed by atoms with van der Waals surface area (Å²) >= 11 is 1.74. The largest absolute Gasteiger partial charge is 1.00 e. The van der Waals surface area contributed by atoms with Crippen LogP contribution in [0.3, 0.4) is 0 Å². The number of fused-ring (bicyclic) bond motifs is 4. The molecule has 10 rings (SSSR count). The molecule has 0 spiro atoms. The zero-order chi connectivity index (χ0) is 38.3. The quantitative estimate of drug-likeness (QED) is 0.115. The Morgan fingerprint density at radius 1 is 0.448 bits per heavy atom. The van der Waals surface area contributed by atoms with Gasteiger partial charge in [0.25, 0.3) is 0 Å². The van der Waals surface area contributed by atoms with Gasteiger partial charge in [0.05, 0.1) is 0 Å². The van der Waals surface area contributed by atoms with Crippen LogP contribution in [0.2, 0.25) is 13.1 Å². The Hall–Kier alpha value is -3.26. The number of halogens is 2. The van der Waals surface area contributed by atoms with Crippen molar-refractivity contribution in [3.8, 4) is 22.3 Å². The summed E-state index contributed by atoms with van der Waals surface area (Å²) in [6.07, 6.45) is 16.7. The molecule has 2 aliphatic carbocycles. The summed E-state index contributed by atoms with van der Waals surface area (Å²) in [5.74, 6) is 1.78. The molecule has 58 heavy (non-hydrogen) atoms. The second-order valence-electron chi connectivity index (χ2n) is 16.8. The van der Waals surface area contributed by atoms with E-state index in [0.717, 1.165) is 11.8 Å². The van der Waals surface area contributed by atoms with Crippen LogP contribution in [-0.2, 0) is 36.2 Å². The Morgan fingerprint density at radius 3 is 1.17 bits per heavy atom. The summed E-state index contributed by atoms with van der Waals surface area (Å²) in [5, 5.41) is 10.9. The van der Waals surface area contributed by atoms with Crippen molar-refractivity contribution in [3.05, 3.63) is 157 Å². The summed E-state index contributed by atoms with van der Waals surface area (Å²) in [6, 6.07) is 54.1. The van der Waals surface area contributed by atoms with Gasteiger partial charge in [0.15, 0.2) is 0 Å². The van der Waals surface area contributed by atoms with Crippen molar-refractivity contribution in [1.29, 1.82) is 0 Å². The molecule has 4 heteroatoms. The monoisotopic (exact) mass is 892 g/mol. The van der Waals surface area contributed by atoms with Crippen molar-refractivity contribution < 1.29 is 48.1 Å². The maximum absolute atomic E-state index is 2.46. The second-order valence-corrected chi connectivity index (χ2v) is 26.2. The molecule has 0 unspecified atom stereocenters. The van der Waals surface area contributed by atoms with E-state index in [1.54, 1.807) is 23.3 Å². The first-order valence-electron chi connectivity index (χ1n) is 21.3. The van der Waals surface area contributed by atoms with E-state index in [2.05, 4.69) is 159 Å². The summed E-state index contributed by atoms with van der Waals surface area (Å²) in [6.45, 7) is 4.62. The molecule has 296 valence electrons. The number of hydrogen-bond donors (Lipinski definition) is 0. The van der Waals surface area contributed by atoms with Crippen molar-refractivity contribution >= 4 is 48.5 Å². The van der Waals surface area contributed by atoms with Gasteiger partial charge in [0.1, 0.15) is 0 Å². The van der Waals surface area contributed by atoms with Crippen molar-refractivity contribution in [1.82, 2.24) is 0 Å². The molecule has 0 saturated heterocycles. The van der Waals surface area contributed by atoms with Crippen LogP contribution < -0.4 is 24.8 Å². The Balaban J connectivity index is 0.000000174. The van der Waals surface area contributed by atoms with Crippen LogP contribution >= 0.6 is 0 Å². The molecule has 2 saturated carbocycles. The van der Waals surface area contributed by atoms with Crippen LogP contribution in [0.5, 0.6) is 0 Å². The molecular weight excluding hydrogens is 839 g/mol. The molecule has 0 aliphatic heterocycles. The molecule has 2 aliphatic rings. The molecule has 0 N–H and O–H groups in total. The molecule has 0 bridgehead atoms. The smallest absolute Gasteiger partial charge is 0.0114 e. The average molecular weight is 895 g/mol. The zero-order valence-corrected chi connectivity index (χ0v) is 39.2. The van der Waals surface area contributed by atoms with Gasteiger partial charge in [-0.3, -0.25) is 0 Å². The molecule has 0 radical (unpaired) electrons. The number of hydrogen-bond acceptors (Lipinski definition) is 0. The van der Waals surface area contributed by atoms with E-state index in [1.807, 2.05) is 0 Å². The van der Waals surface area contributed by atoms with E-state index in [-0.39, 0.29) is 30.2 Å². The van der Waals surface area contributed by atoms with Gasteiger partial charge >= 0.3 is 41.9 Å². The van der Waals surface area contributed by atoms with Crippen molar-refractivity contribution in [2.75, 3.05) is 0 Å². The maximum Gasteiger partial charge on any atom is -0.0114 e. The third-order valence-electron chi connectivity index (χ3n) is 12.3. The van der Waals surface area contributed by atoms with E-state index < -0.39 is 0 Å². The normalized spacial score (nSPS) is 14.6. The van der Waals surface area contributed by atoms with E-state index in [1.165, 1.54) is 154 Å². The Bertz CT molecular complexity index is 2380. The van der Waals surface area contributed by atoms with Gasteiger partial charge in [0.2, 0.25) is 0 Å². The standard InChI is InChI=1S/2C26H25.C2H6Si.2ClH.Zr/c2*1-2-8-19(9-3-1)16-20-17-22-12-7-15-25(26(22)18-20)24-14-6-11-21-10-4-5-13-23(21)24;1-3-2;;;/h2*4-7,10-15,17-19H,1-3,8-9,16H2;1-2H3;2*1H;/q2*-1;;;;+2/p-2. The van der Waals surface area contributed by atoms with Crippen LogP contribution in [0.1, 0.15) is 75.3 Å². The molecule has 8 aromatic carbocycles. The molecule has 0 nitrogen and oxygen atoms in total. The summed E-state index contributed by atoms with van der Waals surface area (Å²) < 4.78 is 0. The zero-order valence-electron chi connectivity index (χ0n) is 34.3. The molecule has 0 atom stereocenters. The molecule has 8 aromatic rings. The Morgan fingerprint density at radius 2 is 0.776 bits per heavy atom.